The van der Waals surface area contributed by atoms with Crippen LogP contribution in [0.2, 0.25) is 10.0 Å². The van der Waals surface area contributed by atoms with Crippen LogP contribution in [0.15, 0.2) is 17.0 Å². The van der Waals surface area contributed by atoms with Gasteiger partial charge < -0.3 is 5.32 Å². The summed E-state index contributed by atoms with van der Waals surface area (Å²) >= 11 is 12.0. The highest BCUT2D eigenvalue weighted by Gasteiger charge is 2.30. The molecule has 0 saturated heterocycles. The van der Waals surface area contributed by atoms with Crippen LogP contribution in [0.25, 0.3) is 0 Å². The Kier molecular flexibility index (Phi) is 4.82. The number of halogens is 2. The minimum absolute atomic E-state index is 0.00533. The molecule has 21 heavy (non-hydrogen) atoms. The number of rotatable bonds is 5. The van der Waals surface area contributed by atoms with Crippen LogP contribution in [0.5, 0.6) is 0 Å². The summed E-state index contributed by atoms with van der Waals surface area (Å²) in [4.78, 5) is 11.9. The third-order valence-electron chi connectivity index (χ3n) is 2.87. The number of nitrogens with one attached hydrogen (secondary N) is 2. The summed E-state index contributed by atoms with van der Waals surface area (Å²) in [5.41, 5.74) is 0.0888. The molecule has 1 fully saturated rings. The zero-order valence-electron chi connectivity index (χ0n) is 11.6. The molecule has 0 aromatic heterocycles. The number of amides is 1. The summed E-state index contributed by atoms with van der Waals surface area (Å²) in [7, 11) is -3.75. The molecule has 2 rings (SSSR count). The van der Waals surface area contributed by atoms with Crippen molar-refractivity contribution in [3.63, 3.8) is 0 Å². The first-order valence-electron chi connectivity index (χ1n) is 6.53. The molecule has 1 aliphatic rings. The summed E-state index contributed by atoms with van der Waals surface area (Å²) in [5, 5.41) is 2.78. The van der Waals surface area contributed by atoms with Crippen molar-refractivity contribution >= 4 is 39.1 Å². The Balaban J connectivity index is 2.40. The number of sulfonamides is 1. The first-order valence-corrected chi connectivity index (χ1v) is 8.77. The quantitative estimate of drug-likeness (QED) is 0.856. The SMILES string of the molecule is CC(C)NC(=O)c1cc(S(=O)(=O)NC2CC2)c(Cl)cc1Cl. The Bertz CT molecular complexity index is 670. The zero-order chi connectivity index (χ0) is 15.8. The van der Waals surface area contributed by atoms with Gasteiger partial charge in [-0.2, -0.15) is 0 Å². The average Bonchev–Trinajstić information content (AvgIpc) is 3.10. The van der Waals surface area contributed by atoms with E-state index in [1.54, 1.807) is 13.8 Å². The highest BCUT2D eigenvalue weighted by Crippen LogP contribution is 2.30. The van der Waals surface area contributed by atoms with Crippen LogP contribution in [0.4, 0.5) is 0 Å². The Hall–Kier alpha value is -0.820. The van der Waals surface area contributed by atoms with E-state index in [-0.39, 0.29) is 32.6 Å². The molecule has 1 saturated carbocycles. The second-order valence-corrected chi connectivity index (χ2v) is 7.78. The third-order valence-corrected chi connectivity index (χ3v) is 5.17. The first kappa shape index (κ1) is 16.5. The fourth-order valence-electron chi connectivity index (χ4n) is 1.73. The van der Waals surface area contributed by atoms with E-state index < -0.39 is 15.9 Å². The lowest BCUT2D eigenvalue weighted by atomic mass is 10.2. The number of hydrogen-bond donors (Lipinski definition) is 2. The maximum absolute atomic E-state index is 12.2. The van der Waals surface area contributed by atoms with Crippen molar-refractivity contribution in [3.8, 4) is 0 Å². The van der Waals surface area contributed by atoms with Crippen molar-refractivity contribution in [2.45, 2.75) is 43.7 Å². The molecule has 1 aromatic rings. The monoisotopic (exact) mass is 350 g/mol. The Morgan fingerprint density at radius 2 is 1.86 bits per heavy atom. The van der Waals surface area contributed by atoms with Gasteiger partial charge in [-0.25, -0.2) is 13.1 Å². The van der Waals surface area contributed by atoms with E-state index in [4.69, 9.17) is 23.2 Å². The highest BCUT2D eigenvalue weighted by atomic mass is 35.5. The second kappa shape index (κ2) is 6.12. The Morgan fingerprint density at radius 1 is 1.24 bits per heavy atom. The van der Waals surface area contributed by atoms with Gasteiger partial charge in [-0.05, 0) is 38.8 Å². The van der Waals surface area contributed by atoms with Crippen molar-refractivity contribution < 1.29 is 13.2 Å². The van der Waals surface area contributed by atoms with Crippen molar-refractivity contribution in [1.29, 1.82) is 0 Å². The topological polar surface area (TPSA) is 75.3 Å². The fraction of sp³-hybridized carbons (Fsp3) is 0.462. The number of carbonyl (C=O) groups excluding carboxylic acids is 1. The first-order chi connectivity index (χ1) is 9.70. The summed E-state index contributed by atoms with van der Waals surface area (Å²) < 4.78 is 27.0. The molecule has 8 heteroatoms. The largest absolute Gasteiger partial charge is 0.350 e. The van der Waals surface area contributed by atoms with Gasteiger partial charge in [-0.15, -0.1) is 0 Å². The average molecular weight is 351 g/mol. The molecule has 1 amide bonds. The van der Waals surface area contributed by atoms with Gasteiger partial charge in [0.15, 0.2) is 0 Å². The van der Waals surface area contributed by atoms with Gasteiger partial charge in [0.1, 0.15) is 4.90 Å². The summed E-state index contributed by atoms with van der Waals surface area (Å²) in [5.74, 6) is -0.436. The van der Waals surface area contributed by atoms with Crippen LogP contribution < -0.4 is 10.0 Å². The van der Waals surface area contributed by atoms with Gasteiger partial charge in [0, 0.05) is 12.1 Å². The highest BCUT2D eigenvalue weighted by molar-refractivity contribution is 7.89. The molecule has 116 valence electrons. The smallest absolute Gasteiger partial charge is 0.253 e. The van der Waals surface area contributed by atoms with Gasteiger partial charge in [0.25, 0.3) is 5.91 Å². The lowest BCUT2D eigenvalue weighted by Crippen LogP contribution is -2.31. The molecule has 0 atom stereocenters. The lowest BCUT2D eigenvalue weighted by Gasteiger charge is -2.13. The van der Waals surface area contributed by atoms with Crippen molar-refractivity contribution in [2.75, 3.05) is 0 Å². The van der Waals surface area contributed by atoms with Gasteiger partial charge in [-0.1, -0.05) is 23.2 Å². The van der Waals surface area contributed by atoms with Crippen LogP contribution in [0.3, 0.4) is 0 Å². The molecule has 1 aliphatic carbocycles. The molecule has 0 bridgehead atoms. The summed E-state index contributed by atoms with van der Waals surface area (Å²) in [6.07, 6.45) is 1.62. The van der Waals surface area contributed by atoms with E-state index in [2.05, 4.69) is 10.0 Å². The molecule has 2 N–H and O–H groups in total. The van der Waals surface area contributed by atoms with Crippen LogP contribution in [0, 0.1) is 0 Å². The third kappa shape index (κ3) is 4.10. The standard InChI is InChI=1S/C13H16Cl2N2O3S/c1-7(2)16-13(18)9-5-12(11(15)6-10(9)14)21(19,20)17-8-3-4-8/h5-8,17H,3-4H2,1-2H3,(H,16,18). The molecule has 1 aromatic carbocycles. The Labute approximate surface area is 134 Å². The van der Waals surface area contributed by atoms with E-state index in [1.165, 1.54) is 12.1 Å². The van der Waals surface area contributed by atoms with Gasteiger partial charge in [0.2, 0.25) is 10.0 Å². The molecular formula is C13H16Cl2N2O3S. The summed E-state index contributed by atoms with van der Waals surface area (Å²) in [6, 6.07) is 2.36. The Morgan fingerprint density at radius 3 is 2.38 bits per heavy atom. The van der Waals surface area contributed by atoms with Crippen LogP contribution in [0.1, 0.15) is 37.0 Å². The van der Waals surface area contributed by atoms with E-state index in [1.807, 2.05) is 0 Å². The van der Waals surface area contributed by atoms with Gasteiger partial charge >= 0.3 is 0 Å². The molecule has 0 unspecified atom stereocenters. The predicted octanol–water partition coefficient (Wildman–Crippen LogP) is 2.57. The maximum atomic E-state index is 12.2. The number of hydrogen-bond acceptors (Lipinski definition) is 3. The van der Waals surface area contributed by atoms with Crippen LogP contribution >= 0.6 is 23.2 Å². The van der Waals surface area contributed by atoms with E-state index in [0.29, 0.717) is 0 Å². The van der Waals surface area contributed by atoms with E-state index in [9.17, 15) is 13.2 Å². The molecule has 0 aliphatic heterocycles. The number of benzene rings is 1. The van der Waals surface area contributed by atoms with Gasteiger partial charge in [0.05, 0.1) is 15.6 Å². The number of carbonyl (C=O) groups is 1. The molecule has 0 heterocycles. The van der Waals surface area contributed by atoms with Crippen LogP contribution in [-0.2, 0) is 10.0 Å². The molecule has 0 spiro atoms. The van der Waals surface area contributed by atoms with Gasteiger partial charge in [-0.3, -0.25) is 4.79 Å². The second-order valence-electron chi connectivity index (χ2n) is 5.29. The van der Waals surface area contributed by atoms with Crippen LogP contribution in [-0.4, -0.2) is 26.4 Å². The van der Waals surface area contributed by atoms with Crippen molar-refractivity contribution in [3.05, 3.63) is 27.7 Å². The molecule has 0 radical (unpaired) electrons. The van der Waals surface area contributed by atoms with Crippen molar-refractivity contribution in [2.24, 2.45) is 0 Å². The normalized spacial score (nSPS) is 15.3. The molecular weight excluding hydrogens is 335 g/mol. The van der Waals surface area contributed by atoms with E-state index >= 15 is 0 Å². The summed E-state index contributed by atoms with van der Waals surface area (Å²) in [6.45, 7) is 3.60. The minimum Gasteiger partial charge on any atom is -0.350 e. The molecule has 5 nitrogen and oxygen atoms in total. The lowest BCUT2D eigenvalue weighted by molar-refractivity contribution is 0.0943. The minimum atomic E-state index is -3.75. The fourth-order valence-corrected chi connectivity index (χ4v) is 3.90. The maximum Gasteiger partial charge on any atom is 0.253 e. The van der Waals surface area contributed by atoms with Crippen molar-refractivity contribution in [1.82, 2.24) is 10.0 Å². The zero-order valence-corrected chi connectivity index (χ0v) is 13.9. The van der Waals surface area contributed by atoms with E-state index in [0.717, 1.165) is 12.8 Å². The predicted molar refractivity (Wildman–Crippen MR) is 82.4 cm³/mol.